The number of carbonyl (C=O) groups is 1. The molecule has 0 saturated carbocycles. The molecule has 0 bridgehead atoms. The zero-order valence-corrected chi connectivity index (χ0v) is 18.8. The molecule has 0 aliphatic carbocycles. The van der Waals surface area contributed by atoms with Gasteiger partial charge in [0, 0.05) is 0 Å². The molecule has 27 heavy (non-hydrogen) atoms. The molecule has 0 aliphatic rings. The number of hydrogen-bond donors (Lipinski definition) is 1. The van der Waals surface area contributed by atoms with Crippen molar-refractivity contribution < 1.29 is 27.4 Å². The van der Waals surface area contributed by atoms with E-state index in [0.717, 1.165) is 11.4 Å². The van der Waals surface area contributed by atoms with Crippen molar-refractivity contribution in [3.05, 3.63) is 12.2 Å². The van der Waals surface area contributed by atoms with Gasteiger partial charge in [0.1, 0.15) is 5.25 Å². The first-order valence-electron chi connectivity index (χ1n) is 9.99. The van der Waals surface area contributed by atoms with E-state index in [1.54, 1.807) is 0 Å². The van der Waals surface area contributed by atoms with Crippen LogP contribution in [0.4, 0.5) is 0 Å². The molecule has 162 valence electrons. The molecule has 0 rings (SSSR count). The van der Waals surface area contributed by atoms with Crippen LogP contribution in [0.2, 0.25) is 0 Å². The van der Waals surface area contributed by atoms with E-state index in [0.29, 0.717) is 0 Å². The third-order valence-electron chi connectivity index (χ3n) is 4.38. The molecule has 0 fully saturated rings. The lowest BCUT2D eigenvalue weighted by atomic mass is 10.1. The Morgan fingerprint density at radius 3 is 1.59 bits per heavy atom. The number of carboxylic acid groups (broad SMARTS) is 1. The van der Waals surface area contributed by atoms with E-state index in [9.17, 15) is 18.3 Å². The number of nitrogens with zero attached hydrogens (tertiary/aromatic N) is 1. The van der Waals surface area contributed by atoms with Crippen LogP contribution in [0.3, 0.4) is 0 Å². The zero-order valence-electron chi connectivity index (χ0n) is 18.0. The zero-order chi connectivity index (χ0) is 21.5. The van der Waals surface area contributed by atoms with Crippen LogP contribution >= 0.6 is 0 Å². The Balaban J connectivity index is 0. The van der Waals surface area contributed by atoms with E-state index in [4.69, 9.17) is 4.55 Å². The maximum Gasteiger partial charge on any atom is 0.271 e. The van der Waals surface area contributed by atoms with E-state index < -0.39 is 26.9 Å². The standard InChI is InChI=1S/C15H34N.C5H8O5S/c1-5-6-7-8-9-10-11-12-13-14-15-16(2,3)4;1-3(5(6)7)4(2)11(8,9)10/h5-15H2,1-4H3;4H,1H2,2H3,(H,6,7)(H,8,9,10)/q+1;/p-1. The second-order valence-corrected chi connectivity index (χ2v) is 9.90. The summed E-state index contributed by atoms with van der Waals surface area (Å²) < 4.78 is 30.0. The Labute approximate surface area is 167 Å². The molecule has 0 radical (unpaired) electrons. The highest BCUT2D eigenvalue weighted by molar-refractivity contribution is 7.86. The van der Waals surface area contributed by atoms with Gasteiger partial charge in [0.05, 0.1) is 33.7 Å². The predicted octanol–water partition coefficient (Wildman–Crippen LogP) is 3.18. The van der Waals surface area contributed by atoms with Crippen molar-refractivity contribution in [1.29, 1.82) is 0 Å². The summed E-state index contributed by atoms with van der Waals surface area (Å²) in [5, 5.41) is 8.48. The fourth-order valence-electron chi connectivity index (χ4n) is 2.42. The molecule has 0 amide bonds. The fraction of sp³-hybridized carbons (Fsp3) is 0.850. The molecular formula is C20H41NO5S. The van der Waals surface area contributed by atoms with E-state index in [-0.39, 0.29) is 0 Å². The summed E-state index contributed by atoms with van der Waals surface area (Å²) in [5.41, 5.74) is -0.660. The summed E-state index contributed by atoms with van der Waals surface area (Å²) in [6, 6.07) is 0. The second kappa shape index (κ2) is 15.1. The van der Waals surface area contributed by atoms with Gasteiger partial charge in [0.25, 0.3) is 10.1 Å². The molecular weight excluding hydrogens is 366 g/mol. The number of aliphatic carboxylic acids is 1. The van der Waals surface area contributed by atoms with Gasteiger partial charge in [0.15, 0.2) is 0 Å². The third kappa shape index (κ3) is 19.6. The number of rotatable bonds is 14. The first-order valence-corrected chi connectivity index (χ1v) is 11.5. The van der Waals surface area contributed by atoms with Crippen LogP contribution in [0.15, 0.2) is 12.2 Å². The maximum atomic E-state index is 10.3. The van der Waals surface area contributed by atoms with Crippen LogP contribution in [0.5, 0.6) is 0 Å². The van der Waals surface area contributed by atoms with Crippen molar-refractivity contribution in [2.75, 3.05) is 27.7 Å². The second-order valence-electron chi connectivity index (χ2n) is 8.17. The Morgan fingerprint density at radius 1 is 0.963 bits per heavy atom. The van der Waals surface area contributed by atoms with Gasteiger partial charge < -0.3 is 14.4 Å². The Hall–Kier alpha value is -0.920. The van der Waals surface area contributed by atoms with Gasteiger partial charge in [-0.1, -0.05) is 64.9 Å². The van der Waals surface area contributed by atoms with E-state index >= 15 is 0 Å². The molecule has 0 heterocycles. The minimum Gasteiger partial charge on any atom is -0.545 e. The highest BCUT2D eigenvalue weighted by atomic mass is 32.2. The minimum atomic E-state index is -4.37. The van der Waals surface area contributed by atoms with Crippen molar-refractivity contribution in [2.45, 2.75) is 83.3 Å². The molecule has 0 saturated heterocycles. The van der Waals surface area contributed by atoms with Gasteiger partial charge in [-0.3, -0.25) is 4.55 Å². The van der Waals surface area contributed by atoms with Crippen LogP contribution in [0, 0.1) is 0 Å². The molecule has 0 aromatic rings. The van der Waals surface area contributed by atoms with Gasteiger partial charge in [-0.2, -0.15) is 8.42 Å². The van der Waals surface area contributed by atoms with Crippen LogP contribution < -0.4 is 5.11 Å². The molecule has 0 aliphatic heterocycles. The number of unbranched alkanes of at least 4 members (excludes halogenated alkanes) is 9. The molecule has 0 spiro atoms. The molecule has 7 heteroatoms. The fourth-order valence-corrected chi connectivity index (χ4v) is 2.88. The van der Waals surface area contributed by atoms with Crippen molar-refractivity contribution in [2.24, 2.45) is 0 Å². The van der Waals surface area contributed by atoms with Gasteiger partial charge in [0.2, 0.25) is 0 Å². The summed E-state index contributed by atoms with van der Waals surface area (Å²) in [5.74, 6) is -1.69. The summed E-state index contributed by atoms with van der Waals surface area (Å²) in [4.78, 5) is 10.0. The Kier molecular flexibility index (Phi) is 15.8. The average Bonchev–Trinajstić information content (AvgIpc) is 2.53. The Bertz CT molecular complexity index is 509. The molecule has 1 unspecified atom stereocenters. The number of quaternary nitrogens is 1. The highest BCUT2D eigenvalue weighted by Gasteiger charge is 2.20. The number of hydrogen-bond acceptors (Lipinski definition) is 4. The van der Waals surface area contributed by atoms with Crippen molar-refractivity contribution >= 4 is 16.1 Å². The minimum absolute atomic E-state index is 0.660. The normalized spacial score (nSPS) is 12.8. The SMILES string of the molecule is C=C(C(=O)[O-])C(C)S(=O)(=O)O.CCCCCCCCCCCC[N+](C)(C)C. The van der Waals surface area contributed by atoms with Gasteiger partial charge >= 0.3 is 0 Å². The van der Waals surface area contributed by atoms with Crippen LogP contribution in [0.25, 0.3) is 0 Å². The molecule has 1 N–H and O–H groups in total. The van der Waals surface area contributed by atoms with Crippen molar-refractivity contribution in [3.63, 3.8) is 0 Å². The van der Waals surface area contributed by atoms with Gasteiger partial charge in [-0.25, -0.2) is 0 Å². The van der Waals surface area contributed by atoms with E-state index in [2.05, 4.69) is 34.6 Å². The number of carbonyl (C=O) groups excluding carboxylic acids is 1. The summed E-state index contributed by atoms with van der Waals surface area (Å²) in [6.45, 7) is 7.54. The maximum absolute atomic E-state index is 10.3. The van der Waals surface area contributed by atoms with E-state index in [1.165, 1.54) is 70.8 Å². The Morgan fingerprint density at radius 2 is 1.33 bits per heavy atom. The topological polar surface area (TPSA) is 94.5 Å². The monoisotopic (exact) mass is 407 g/mol. The summed E-state index contributed by atoms with van der Waals surface area (Å²) in [7, 11) is 2.49. The van der Waals surface area contributed by atoms with Crippen molar-refractivity contribution in [1.82, 2.24) is 0 Å². The lowest BCUT2D eigenvalue weighted by Gasteiger charge is -2.23. The molecule has 1 atom stereocenters. The van der Waals surface area contributed by atoms with Gasteiger partial charge in [-0.05, 0) is 25.3 Å². The summed E-state index contributed by atoms with van der Waals surface area (Å²) in [6.07, 6.45) is 14.4. The lowest BCUT2D eigenvalue weighted by Crippen LogP contribution is -2.35. The lowest BCUT2D eigenvalue weighted by molar-refractivity contribution is -0.870. The first-order chi connectivity index (χ1) is 12.3. The van der Waals surface area contributed by atoms with Crippen molar-refractivity contribution in [3.8, 4) is 0 Å². The first kappa shape index (κ1) is 28.3. The third-order valence-corrected chi connectivity index (χ3v) is 5.56. The summed E-state index contributed by atoms with van der Waals surface area (Å²) >= 11 is 0. The van der Waals surface area contributed by atoms with Crippen LogP contribution in [-0.2, 0) is 14.9 Å². The molecule has 6 nitrogen and oxygen atoms in total. The van der Waals surface area contributed by atoms with Crippen LogP contribution in [-0.4, -0.2) is 56.4 Å². The van der Waals surface area contributed by atoms with E-state index in [1.807, 2.05) is 0 Å². The van der Waals surface area contributed by atoms with Crippen LogP contribution in [0.1, 0.15) is 78.1 Å². The molecule has 0 aromatic heterocycles. The smallest absolute Gasteiger partial charge is 0.271 e. The highest BCUT2D eigenvalue weighted by Crippen LogP contribution is 2.11. The quantitative estimate of drug-likeness (QED) is 0.206. The predicted molar refractivity (Wildman–Crippen MR) is 110 cm³/mol. The van der Waals surface area contributed by atoms with Gasteiger partial charge in [-0.15, -0.1) is 0 Å². The molecule has 0 aromatic carbocycles. The average molecular weight is 408 g/mol. The number of carboxylic acids is 1. The largest absolute Gasteiger partial charge is 0.545 e.